The van der Waals surface area contributed by atoms with E-state index in [1.165, 1.54) is 0 Å². The van der Waals surface area contributed by atoms with Gasteiger partial charge in [0.05, 0.1) is 12.8 Å². The highest BCUT2D eigenvalue weighted by Gasteiger charge is 2.19. The fourth-order valence-corrected chi connectivity index (χ4v) is 2.15. The van der Waals surface area contributed by atoms with Gasteiger partial charge in [-0.1, -0.05) is 0 Å². The van der Waals surface area contributed by atoms with Crippen molar-refractivity contribution in [3.8, 4) is 0 Å². The van der Waals surface area contributed by atoms with E-state index >= 15 is 0 Å². The fraction of sp³-hybridized carbons (Fsp3) is 0.786. The number of ether oxygens (including phenoxy) is 2. The van der Waals surface area contributed by atoms with Crippen molar-refractivity contribution in [1.82, 2.24) is 0 Å². The summed E-state index contributed by atoms with van der Waals surface area (Å²) < 4.78 is 9.93. The molecule has 120 valence electrons. The molecule has 2 N–H and O–H groups in total. The first kappa shape index (κ1) is 17.4. The lowest BCUT2D eigenvalue weighted by molar-refractivity contribution is -0.170. The highest BCUT2D eigenvalue weighted by atomic mass is 16.6. The molecule has 7 heteroatoms. The number of esters is 2. The van der Waals surface area contributed by atoms with Crippen LogP contribution in [0.25, 0.3) is 0 Å². The minimum Gasteiger partial charge on any atom is -0.481 e. The van der Waals surface area contributed by atoms with E-state index in [-0.39, 0.29) is 31.3 Å². The SMILES string of the molecule is O=C(O)CCC(=O)OC(O)CCCC1CCCCC(=O)O1. The van der Waals surface area contributed by atoms with Gasteiger partial charge in [0.15, 0.2) is 0 Å². The van der Waals surface area contributed by atoms with Gasteiger partial charge in [-0.2, -0.15) is 0 Å². The second kappa shape index (κ2) is 9.33. The Balaban J connectivity index is 2.14. The van der Waals surface area contributed by atoms with Gasteiger partial charge in [0.2, 0.25) is 6.29 Å². The van der Waals surface area contributed by atoms with Gasteiger partial charge in [0.1, 0.15) is 6.10 Å². The molecule has 1 fully saturated rings. The summed E-state index contributed by atoms with van der Waals surface area (Å²) in [6.45, 7) is 0. The van der Waals surface area contributed by atoms with Crippen molar-refractivity contribution in [3.05, 3.63) is 0 Å². The van der Waals surface area contributed by atoms with Crippen molar-refractivity contribution < 1.29 is 34.1 Å². The van der Waals surface area contributed by atoms with Crippen molar-refractivity contribution >= 4 is 17.9 Å². The molecule has 2 atom stereocenters. The molecule has 0 saturated carbocycles. The van der Waals surface area contributed by atoms with E-state index in [2.05, 4.69) is 4.74 Å². The zero-order valence-corrected chi connectivity index (χ0v) is 12.0. The largest absolute Gasteiger partial charge is 0.481 e. The Hall–Kier alpha value is -1.63. The topological polar surface area (TPSA) is 110 Å². The Morgan fingerprint density at radius 3 is 2.81 bits per heavy atom. The summed E-state index contributed by atoms with van der Waals surface area (Å²) in [5.74, 6) is -2.00. The third-order valence-corrected chi connectivity index (χ3v) is 3.24. The average Bonchev–Trinajstić information content (AvgIpc) is 2.61. The second-order valence-corrected chi connectivity index (χ2v) is 5.13. The Bertz CT molecular complexity index is 366. The Morgan fingerprint density at radius 1 is 1.33 bits per heavy atom. The van der Waals surface area contributed by atoms with Crippen molar-refractivity contribution in [3.63, 3.8) is 0 Å². The summed E-state index contributed by atoms with van der Waals surface area (Å²) in [7, 11) is 0. The number of rotatable bonds is 8. The van der Waals surface area contributed by atoms with E-state index in [9.17, 15) is 19.5 Å². The molecule has 1 aliphatic heterocycles. The maximum absolute atomic E-state index is 11.3. The van der Waals surface area contributed by atoms with Crippen LogP contribution >= 0.6 is 0 Å². The van der Waals surface area contributed by atoms with Crippen LogP contribution in [0.1, 0.15) is 57.8 Å². The van der Waals surface area contributed by atoms with E-state index in [4.69, 9.17) is 9.84 Å². The lowest BCUT2D eigenvalue weighted by Gasteiger charge is -2.16. The van der Waals surface area contributed by atoms with Gasteiger partial charge >= 0.3 is 17.9 Å². The maximum Gasteiger partial charge on any atom is 0.308 e. The van der Waals surface area contributed by atoms with E-state index in [0.717, 1.165) is 19.3 Å². The third-order valence-electron chi connectivity index (χ3n) is 3.24. The van der Waals surface area contributed by atoms with Crippen LogP contribution < -0.4 is 0 Å². The van der Waals surface area contributed by atoms with E-state index < -0.39 is 18.2 Å². The number of carboxylic acid groups (broad SMARTS) is 1. The van der Waals surface area contributed by atoms with Gasteiger partial charge in [0, 0.05) is 12.8 Å². The molecule has 1 aliphatic rings. The third kappa shape index (κ3) is 8.29. The van der Waals surface area contributed by atoms with E-state index in [0.29, 0.717) is 19.3 Å². The second-order valence-electron chi connectivity index (χ2n) is 5.13. The van der Waals surface area contributed by atoms with Crippen molar-refractivity contribution in [2.45, 2.75) is 70.2 Å². The predicted octanol–water partition coefficient (Wildman–Crippen LogP) is 1.37. The number of cyclic esters (lactones) is 1. The first-order valence-corrected chi connectivity index (χ1v) is 7.26. The van der Waals surface area contributed by atoms with Crippen molar-refractivity contribution in [2.24, 2.45) is 0 Å². The van der Waals surface area contributed by atoms with E-state index in [1.54, 1.807) is 0 Å². The molecule has 0 aromatic rings. The number of aliphatic carboxylic acids is 1. The van der Waals surface area contributed by atoms with Gasteiger partial charge in [-0.25, -0.2) is 0 Å². The standard InChI is InChI=1S/C14H22O7/c15-11(16)8-9-14(19)21-13(18)7-3-5-10-4-1-2-6-12(17)20-10/h10,13,18H,1-9H2,(H,15,16). The van der Waals surface area contributed by atoms with E-state index in [1.807, 2.05) is 0 Å². The number of aliphatic hydroxyl groups excluding tert-OH is 1. The molecule has 7 nitrogen and oxygen atoms in total. The number of carbonyl (C=O) groups is 3. The summed E-state index contributed by atoms with van der Waals surface area (Å²) in [5.41, 5.74) is 0. The van der Waals surface area contributed by atoms with Crippen LogP contribution in [0.3, 0.4) is 0 Å². The molecule has 0 spiro atoms. The molecule has 0 aromatic heterocycles. The summed E-state index contributed by atoms with van der Waals surface area (Å²) in [4.78, 5) is 32.7. The van der Waals surface area contributed by atoms with Gasteiger partial charge in [-0.3, -0.25) is 14.4 Å². The number of hydrogen-bond acceptors (Lipinski definition) is 6. The van der Waals surface area contributed by atoms with Crippen LogP contribution in [0, 0.1) is 0 Å². The average molecular weight is 302 g/mol. The molecule has 1 heterocycles. The minimum atomic E-state index is -1.24. The van der Waals surface area contributed by atoms with Crippen molar-refractivity contribution in [2.75, 3.05) is 0 Å². The summed E-state index contributed by atoms with van der Waals surface area (Å²) >= 11 is 0. The minimum absolute atomic E-state index is 0.130. The monoisotopic (exact) mass is 302 g/mol. The highest BCUT2D eigenvalue weighted by molar-refractivity contribution is 5.76. The van der Waals surface area contributed by atoms with Crippen LogP contribution in [0.2, 0.25) is 0 Å². The Labute approximate surface area is 123 Å². The van der Waals surface area contributed by atoms with Gasteiger partial charge in [-0.15, -0.1) is 0 Å². The summed E-state index contributed by atoms with van der Waals surface area (Å²) in [6, 6.07) is 0. The smallest absolute Gasteiger partial charge is 0.308 e. The van der Waals surface area contributed by atoms with Gasteiger partial charge in [-0.05, 0) is 32.1 Å². The van der Waals surface area contributed by atoms with Crippen LogP contribution in [0.5, 0.6) is 0 Å². The quantitative estimate of drug-likeness (QED) is 0.514. The summed E-state index contributed by atoms with van der Waals surface area (Å²) in [6.07, 6.45) is 2.55. The van der Waals surface area contributed by atoms with Crippen LogP contribution in [-0.2, 0) is 23.9 Å². The molecular formula is C14H22O7. The molecule has 0 amide bonds. The summed E-state index contributed by atoms with van der Waals surface area (Å²) in [5, 5.41) is 17.9. The molecule has 0 radical (unpaired) electrons. The normalized spacial score (nSPS) is 20.2. The number of carboxylic acids is 1. The molecular weight excluding hydrogens is 280 g/mol. The molecule has 1 saturated heterocycles. The number of carbonyl (C=O) groups excluding carboxylic acids is 2. The van der Waals surface area contributed by atoms with Crippen LogP contribution in [0.15, 0.2) is 0 Å². The lowest BCUT2D eigenvalue weighted by Crippen LogP contribution is -2.20. The van der Waals surface area contributed by atoms with Crippen molar-refractivity contribution in [1.29, 1.82) is 0 Å². The zero-order valence-electron chi connectivity index (χ0n) is 12.0. The molecule has 21 heavy (non-hydrogen) atoms. The maximum atomic E-state index is 11.3. The van der Waals surface area contributed by atoms with Crippen LogP contribution in [0.4, 0.5) is 0 Å². The Kier molecular flexibility index (Phi) is 7.74. The molecule has 0 aromatic carbocycles. The Morgan fingerprint density at radius 2 is 2.10 bits per heavy atom. The van der Waals surface area contributed by atoms with Gasteiger partial charge < -0.3 is 19.7 Å². The zero-order chi connectivity index (χ0) is 15.7. The first-order valence-electron chi connectivity index (χ1n) is 7.26. The highest BCUT2D eigenvalue weighted by Crippen LogP contribution is 2.19. The van der Waals surface area contributed by atoms with Gasteiger partial charge in [0.25, 0.3) is 0 Å². The molecule has 0 aliphatic carbocycles. The first-order chi connectivity index (χ1) is 9.97. The molecule has 1 rings (SSSR count). The molecule has 0 bridgehead atoms. The molecule has 2 unspecified atom stereocenters. The number of hydrogen-bond donors (Lipinski definition) is 2. The van der Waals surface area contributed by atoms with Crippen LogP contribution in [-0.4, -0.2) is 40.5 Å². The fourth-order valence-electron chi connectivity index (χ4n) is 2.15. The lowest BCUT2D eigenvalue weighted by atomic mass is 10.1. The predicted molar refractivity (Wildman–Crippen MR) is 71.2 cm³/mol. The number of aliphatic hydroxyl groups is 1.